The number of nitrogens with zero attached hydrogens (tertiary/aromatic N) is 1. The highest BCUT2D eigenvalue weighted by molar-refractivity contribution is 6.00. The van der Waals surface area contributed by atoms with Crippen molar-refractivity contribution in [3.05, 3.63) is 48.2 Å². The van der Waals surface area contributed by atoms with Gasteiger partial charge in [-0.1, -0.05) is 12.1 Å². The number of para-hydroxylation sites is 1. The molecule has 0 bridgehead atoms. The van der Waals surface area contributed by atoms with Gasteiger partial charge in [0, 0.05) is 6.20 Å². The summed E-state index contributed by atoms with van der Waals surface area (Å²) in [4.78, 5) is 27.8. The third-order valence-corrected chi connectivity index (χ3v) is 2.89. The van der Waals surface area contributed by atoms with E-state index in [4.69, 9.17) is 4.74 Å². The average Bonchev–Trinajstić information content (AvgIpc) is 2.55. The summed E-state index contributed by atoms with van der Waals surface area (Å²) in [6.45, 7) is 2.00. The quantitative estimate of drug-likeness (QED) is 0.751. The maximum absolute atomic E-state index is 12.1. The van der Waals surface area contributed by atoms with Crippen molar-refractivity contribution in [3.63, 3.8) is 0 Å². The molecule has 23 heavy (non-hydrogen) atoms. The summed E-state index contributed by atoms with van der Waals surface area (Å²) < 4.78 is 5.37. The third-order valence-electron chi connectivity index (χ3n) is 2.89. The number of pyridine rings is 1. The lowest BCUT2D eigenvalue weighted by Gasteiger charge is -2.10. The predicted octanol–water partition coefficient (Wildman–Crippen LogP) is 1.55. The molecule has 1 heterocycles. The largest absolute Gasteiger partial charge is 0.504 e. The van der Waals surface area contributed by atoms with Crippen LogP contribution in [0.2, 0.25) is 0 Å². The zero-order valence-electron chi connectivity index (χ0n) is 12.6. The van der Waals surface area contributed by atoms with Gasteiger partial charge in [-0.25, -0.2) is 4.98 Å². The molecule has 0 unspecified atom stereocenters. The molecule has 1 aromatic heterocycles. The first-order chi connectivity index (χ1) is 11.1. The molecule has 0 spiro atoms. The van der Waals surface area contributed by atoms with E-state index in [0.29, 0.717) is 17.9 Å². The van der Waals surface area contributed by atoms with E-state index < -0.39 is 11.8 Å². The molecule has 0 saturated heterocycles. The Labute approximate surface area is 133 Å². The van der Waals surface area contributed by atoms with Gasteiger partial charge in [-0.05, 0) is 31.2 Å². The zero-order chi connectivity index (χ0) is 16.7. The molecular weight excluding hydrogens is 298 g/mol. The fourth-order valence-corrected chi connectivity index (χ4v) is 1.86. The van der Waals surface area contributed by atoms with Crippen LogP contribution in [0.25, 0.3) is 0 Å². The van der Waals surface area contributed by atoms with Crippen LogP contribution in [-0.2, 0) is 4.79 Å². The first-order valence-electron chi connectivity index (χ1n) is 7.05. The van der Waals surface area contributed by atoms with E-state index in [-0.39, 0.29) is 18.1 Å². The number of anilines is 1. The maximum Gasteiger partial charge on any atom is 0.255 e. The molecule has 2 aromatic rings. The number of ether oxygens (including phenoxy) is 1. The molecule has 3 N–H and O–H groups in total. The number of carbonyl (C=O) groups excluding carboxylic acids is 2. The molecule has 0 saturated carbocycles. The fraction of sp³-hybridized carbons (Fsp3) is 0.188. The topological polar surface area (TPSA) is 101 Å². The Bertz CT molecular complexity index is 703. The van der Waals surface area contributed by atoms with Crippen LogP contribution in [0.1, 0.15) is 17.3 Å². The second-order valence-electron chi connectivity index (χ2n) is 4.53. The molecule has 0 aliphatic rings. The molecule has 0 aliphatic heterocycles. The number of carbonyl (C=O) groups is 2. The molecule has 1 aromatic carbocycles. The van der Waals surface area contributed by atoms with Crippen LogP contribution in [-0.4, -0.2) is 35.1 Å². The summed E-state index contributed by atoms with van der Waals surface area (Å²) >= 11 is 0. The molecule has 7 heteroatoms. The third kappa shape index (κ3) is 4.44. The molecule has 2 rings (SSSR count). The van der Waals surface area contributed by atoms with Crippen molar-refractivity contribution in [2.75, 3.05) is 18.5 Å². The van der Waals surface area contributed by atoms with Gasteiger partial charge in [0.15, 0.2) is 11.6 Å². The Balaban J connectivity index is 1.94. The van der Waals surface area contributed by atoms with Gasteiger partial charge in [0.2, 0.25) is 5.91 Å². The first kappa shape index (κ1) is 16.3. The van der Waals surface area contributed by atoms with E-state index in [9.17, 15) is 14.7 Å². The minimum Gasteiger partial charge on any atom is -0.504 e. The summed E-state index contributed by atoms with van der Waals surface area (Å²) in [5, 5.41) is 14.4. The summed E-state index contributed by atoms with van der Waals surface area (Å²) in [5.41, 5.74) is 0.350. The van der Waals surface area contributed by atoms with Crippen molar-refractivity contribution < 1.29 is 19.4 Å². The fourth-order valence-electron chi connectivity index (χ4n) is 1.86. The van der Waals surface area contributed by atoms with Gasteiger partial charge in [0.25, 0.3) is 5.91 Å². The normalized spacial score (nSPS) is 9.96. The molecule has 0 aliphatic carbocycles. The standard InChI is InChI=1S/C16H17N3O4/c1-2-23-13-8-4-3-6-11(13)16(22)18-10-14(21)19-15-12(20)7-5-9-17-15/h3-9,20H,2,10H2,1H3,(H,18,22)(H,17,19,21). The van der Waals surface area contributed by atoms with Gasteiger partial charge in [-0.15, -0.1) is 0 Å². The lowest BCUT2D eigenvalue weighted by molar-refractivity contribution is -0.115. The Hall–Kier alpha value is -3.09. The van der Waals surface area contributed by atoms with Gasteiger partial charge < -0.3 is 20.5 Å². The van der Waals surface area contributed by atoms with E-state index in [0.717, 1.165) is 0 Å². The highest BCUT2D eigenvalue weighted by Crippen LogP contribution is 2.18. The van der Waals surface area contributed by atoms with Crippen LogP contribution in [0, 0.1) is 0 Å². The highest BCUT2D eigenvalue weighted by Gasteiger charge is 2.13. The van der Waals surface area contributed by atoms with Crippen LogP contribution in [0.3, 0.4) is 0 Å². The van der Waals surface area contributed by atoms with Crippen molar-refractivity contribution in [2.24, 2.45) is 0 Å². The van der Waals surface area contributed by atoms with E-state index in [1.807, 2.05) is 6.92 Å². The monoisotopic (exact) mass is 315 g/mol. The Morgan fingerprint density at radius 1 is 1.22 bits per heavy atom. The van der Waals surface area contributed by atoms with Crippen LogP contribution in [0.4, 0.5) is 5.82 Å². The second kappa shape index (κ2) is 7.79. The molecule has 2 amide bonds. The van der Waals surface area contributed by atoms with Crippen LogP contribution >= 0.6 is 0 Å². The first-order valence-corrected chi connectivity index (χ1v) is 7.05. The number of hydrogen-bond donors (Lipinski definition) is 3. The Morgan fingerprint density at radius 3 is 2.74 bits per heavy atom. The minimum absolute atomic E-state index is 0.0430. The minimum atomic E-state index is -0.499. The summed E-state index contributed by atoms with van der Waals surface area (Å²) in [6.07, 6.45) is 1.44. The molecule has 0 atom stereocenters. The number of aromatic hydroxyl groups is 1. The lowest BCUT2D eigenvalue weighted by Crippen LogP contribution is -2.33. The van der Waals surface area contributed by atoms with Crippen LogP contribution < -0.4 is 15.4 Å². The van der Waals surface area contributed by atoms with Gasteiger partial charge in [-0.2, -0.15) is 0 Å². The number of nitrogens with one attached hydrogen (secondary N) is 2. The van der Waals surface area contributed by atoms with Gasteiger partial charge >= 0.3 is 0 Å². The highest BCUT2D eigenvalue weighted by atomic mass is 16.5. The number of benzene rings is 1. The van der Waals surface area contributed by atoms with Crippen molar-refractivity contribution >= 4 is 17.6 Å². The van der Waals surface area contributed by atoms with Crippen LogP contribution in [0.5, 0.6) is 11.5 Å². The summed E-state index contributed by atoms with van der Waals surface area (Å²) in [7, 11) is 0. The Morgan fingerprint density at radius 2 is 2.00 bits per heavy atom. The summed E-state index contributed by atoms with van der Waals surface area (Å²) in [6, 6.07) is 9.71. The van der Waals surface area contributed by atoms with Crippen molar-refractivity contribution in [1.82, 2.24) is 10.3 Å². The summed E-state index contributed by atoms with van der Waals surface area (Å²) in [5.74, 6) is -0.568. The van der Waals surface area contributed by atoms with Gasteiger partial charge in [0.05, 0.1) is 18.7 Å². The number of aromatic nitrogens is 1. The number of amides is 2. The van der Waals surface area contributed by atoms with Crippen molar-refractivity contribution in [3.8, 4) is 11.5 Å². The smallest absolute Gasteiger partial charge is 0.255 e. The lowest BCUT2D eigenvalue weighted by atomic mass is 10.2. The molecule has 0 radical (unpaired) electrons. The van der Waals surface area contributed by atoms with Gasteiger partial charge in [0.1, 0.15) is 5.75 Å². The second-order valence-corrected chi connectivity index (χ2v) is 4.53. The van der Waals surface area contributed by atoms with E-state index >= 15 is 0 Å². The van der Waals surface area contributed by atoms with Crippen molar-refractivity contribution in [1.29, 1.82) is 0 Å². The number of hydrogen-bond acceptors (Lipinski definition) is 5. The Kier molecular flexibility index (Phi) is 5.51. The van der Waals surface area contributed by atoms with Gasteiger partial charge in [-0.3, -0.25) is 9.59 Å². The van der Waals surface area contributed by atoms with E-state index in [1.165, 1.54) is 18.3 Å². The van der Waals surface area contributed by atoms with E-state index in [2.05, 4.69) is 15.6 Å². The molecule has 0 fully saturated rings. The molecule has 7 nitrogen and oxygen atoms in total. The molecular formula is C16H17N3O4. The van der Waals surface area contributed by atoms with E-state index in [1.54, 1.807) is 24.3 Å². The maximum atomic E-state index is 12.1. The predicted molar refractivity (Wildman–Crippen MR) is 84.5 cm³/mol. The zero-order valence-corrected chi connectivity index (χ0v) is 12.6. The average molecular weight is 315 g/mol. The van der Waals surface area contributed by atoms with Crippen LogP contribution in [0.15, 0.2) is 42.6 Å². The molecule has 120 valence electrons. The SMILES string of the molecule is CCOc1ccccc1C(=O)NCC(=O)Nc1ncccc1O. The number of rotatable bonds is 6. The van der Waals surface area contributed by atoms with Crippen molar-refractivity contribution in [2.45, 2.75) is 6.92 Å².